The van der Waals surface area contributed by atoms with Crippen molar-refractivity contribution in [2.24, 2.45) is 5.84 Å². The van der Waals surface area contributed by atoms with E-state index in [4.69, 9.17) is 10.6 Å². The van der Waals surface area contributed by atoms with Crippen molar-refractivity contribution in [3.8, 4) is 0 Å². The monoisotopic (exact) mass is 140 g/mol. The standard InChI is InChI=1S/C7H12N2O/c1-3-7(10-2)5-4-6-9-8/h3-6,9H,1,8H2,2H3/b6-4+,7-5+. The number of rotatable bonds is 4. The largest absolute Gasteiger partial charge is 0.497 e. The minimum atomic E-state index is 0.700. The molecule has 0 radical (unpaired) electrons. The number of hydrogen-bond donors (Lipinski definition) is 2. The first kappa shape index (κ1) is 8.78. The first-order chi connectivity index (χ1) is 4.85. The van der Waals surface area contributed by atoms with Crippen molar-refractivity contribution < 1.29 is 4.74 Å². The summed E-state index contributed by atoms with van der Waals surface area (Å²) in [6, 6.07) is 0. The third-order valence-corrected chi connectivity index (χ3v) is 0.890. The molecule has 0 rings (SSSR count). The van der Waals surface area contributed by atoms with E-state index in [-0.39, 0.29) is 0 Å². The number of ether oxygens (including phenoxy) is 1. The summed E-state index contributed by atoms with van der Waals surface area (Å²) in [6.07, 6.45) is 6.66. The Morgan fingerprint density at radius 3 is 2.80 bits per heavy atom. The van der Waals surface area contributed by atoms with Crippen molar-refractivity contribution in [3.63, 3.8) is 0 Å². The van der Waals surface area contributed by atoms with Crippen LogP contribution in [0.25, 0.3) is 0 Å². The van der Waals surface area contributed by atoms with Crippen molar-refractivity contribution in [2.75, 3.05) is 7.11 Å². The van der Waals surface area contributed by atoms with Crippen LogP contribution in [0, 0.1) is 0 Å². The summed E-state index contributed by atoms with van der Waals surface area (Å²) in [5.41, 5.74) is 2.36. The number of nitrogens with two attached hydrogens (primary N) is 1. The number of methoxy groups -OCH3 is 1. The lowest BCUT2D eigenvalue weighted by molar-refractivity contribution is 0.307. The van der Waals surface area contributed by atoms with E-state index in [9.17, 15) is 0 Å². The molecule has 10 heavy (non-hydrogen) atoms. The van der Waals surface area contributed by atoms with Gasteiger partial charge in [-0.1, -0.05) is 6.58 Å². The van der Waals surface area contributed by atoms with Crippen LogP contribution in [0.1, 0.15) is 0 Å². The molecule has 3 N–H and O–H groups in total. The second-order valence-corrected chi connectivity index (χ2v) is 1.50. The predicted octanol–water partition coefficient (Wildman–Crippen LogP) is 0.680. The van der Waals surface area contributed by atoms with Crippen molar-refractivity contribution in [1.29, 1.82) is 0 Å². The molecule has 0 aromatic heterocycles. The summed E-state index contributed by atoms with van der Waals surface area (Å²) < 4.78 is 4.87. The van der Waals surface area contributed by atoms with Gasteiger partial charge in [-0.15, -0.1) is 0 Å². The van der Waals surface area contributed by atoms with Crippen LogP contribution in [0.15, 0.2) is 36.8 Å². The molecule has 0 saturated carbocycles. The molecule has 0 saturated heterocycles. The Morgan fingerprint density at radius 2 is 2.40 bits per heavy atom. The minimum absolute atomic E-state index is 0.700. The molecule has 0 aliphatic heterocycles. The number of allylic oxidation sites excluding steroid dienone is 3. The lowest BCUT2D eigenvalue weighted by Gasteiger charge is -1.95. The van der Waals surface area contributed by atoms with Crippen LogP contribution in [-0.2, 0) is 4.74 Å². The van der Waals surface area contributed by atoms with E-state index in [1.165, 1.54) is 0 Å². The van der Waals surface area contributed by atoms with Gasteiger partial charge in [-0.2, -0.15) is 0 Å². The van der Waals surface area contributed by atoms with E-state index in [2.05, 4.69) is 12.0 Å². The zero-order valence-corrected chi connectivity index (χ0v) is 6.00. The molecule has 3 nitrogen and oxygen atoms in total. The van der Waals surface area contributed by atoms with E-state index >= 15 is 0 Å². The predicted molar refractivity (Wildman–Crippen MR) is 41.8 cm³/mol. The van der Waals surface area contributed by atoms with Gasteiger partial charge in [-0.3, -0.25) is 5.84 Å². The SMILES string of the molecule is C=C/C(=C\C=C\NN)OC. The van der Waals surface area contributed by atoms with Gasteiger partial charge in [0.15, 0.2) is 0 Å². The molecule has 0 unspecified atom stereocenters. The Morgan fingerprint density at radius 1 is 1.70 bits per heavy atom. The lowest BCUT2D eigenvalue weighted by atomic mass is 10.4. The molecular formula is C7H12N2O. The first-order valence-electron chi connectivity index (χ1n) is 2.84. The first-order valence-corrected chi connectivity index (χ1v) is 2.84. The van der Waals surface area contributed by atoms with E-state index in [1.54, 1.807) is 31.5 Å². The zero-order valence-electron chi connectivity index (χ0n) is 6.00. The summed E-state index contributed by atoms with van der Waals surface area (Å²) in [4.78, 5) is 0. The van der Waals surface area contributed by atoms with Gasteiger partial charge in [0.2, 0.25) is 0 Å². The summed E-state index contributed by atoms with van der Waals surface area (Å²) >= 11 is 0. The van der Waals surface area contributed by atoms with Crippen LogP contribution in [0.3, 0.4) is 0 Å². The molecule has 56 valence electrons. The van der Waals surface area contributed by atoms with Crippen LogP contribution in [0.4, 0.5) is 0 Å². The van der Waals surface area contributed by atoms with Crippen molar-refractivity contribution in [3.05, 3.63) is 36.8 Å². The highest BCUT2D eigenvalue weighted by Crippen LogP contribution is 1.94. The molecular weight excluding hydrogens is 128 g/mol. The molecule has 0 aliphatic rings. The maximum absolute atomic E-state index is 4.96. The number of nitrogens with one attached hydrogen (secondary N) is 1. The second kappa shape index (κ2) is 5.91. The smallest absolute Gasteiger partial charge is 0.118 e. The molecule has 0 heterocycles. The Kier molecular flexibility index (Phi) is 5.19. The third-order valence-electron chi connectivity index (χ3n) is 0.890. The van der Waals surface area contributed by atoms with Crippen LogP contribution in [0.5, 0.6) is 0 Å². The quantitative estimate of drug-likeness (QED) is 0.261. The van der Waals surface area contributed by atoms with Gasteiger partial charge in [0, 0.05) is 6.20 Å². The normalized spacial score (nSPS) is 11.6. The fourth-order valence-corrected chi connectivity index (χ4v) is 0.418. The topological polar surface area (TPSA) is 47.3 Å². The average molecular weight is 140 g/mol. The van der Waals surface area contributed by atoms with Gasteiger partial charge in [-0.25, -0.2) is 0 Å². The van der Waals surface area contributed by atoms with E-state index in [0.29, 0.717) is 5.76 Å². The number of hydrazine groups is 1. The van der Waals surface area contributed by atoms with Crippen LogP contribution >= 0.6 is 0 Å². The lowest BCUT2D eigenvalue weighted by Crippen LogP contribution is -2.12. The highest BCUT2D eigenvalue weighted by Gasteiger charge is 1.80. The minimum Gasteiger partial charge on any atom is -0.497 e. The Balaban J connectivity index is 3.85. The molecule has 0 atom stereocenters. The molecule has 0 spiro atoms. The maximum Gasteiger partial charge on any atom is 0.118 e. The van der Waals surface area contributed by atoms with Crippen LogP contribution in [0.2, 0.25) is 0 Å². The molecule has 3 heteroatoms. The van der Waals surface area contributed by atoms with Crippen molar-refractivity contribution in [1.82, 2.24) is 5.43 Å². The average Bonchev–Trinajstić information content (AvgIpc) is 1.99. The summed E-state index contributed by atoms with van der Waals surface area (Å²) in [7, 11) is 1.58. The van der Waals surface area contributed by atoms with Gasteiger partial charge < -0.3 is 10.2 Å². The molecule has 0 aromatic carbocycles. The van der Waals surface area contributed by atoms with Crippen molar-refractivity contribution >= 4 is 0 Å². The van der Waals surface area contributed by atoms with Crippen LogP contribution < -0.4 is 11.3 Å². The molecule has 0 amide bonds. The number of hydrogen-bond acceptors (Lipinski definition) is 3. The fraction of sp³-hybridized carbons (Fsp3) is 0.143. The highest BCUT2D eigenvalue weighted by molar-refractivity contribution is 5.15. The zero-order chi connectivity index (χ0) is 7.82. The Hall–Kier alpha value is -1.22. The fourth-order valence-electron chi connectivity index (χ4n) is 0.418. The third kappa shape index (κ3) is 3.74. The van der Waals surface area contributed by atoms with Gasteiger partial charge >= 0.3 is 0 Å². The summed E-state index contributed by atoms with van der Waals surface area (Å²) in [5.74, 6) is 5.67. The van der Waals surface area contributed by atoms with E-state index in [1.807, 2.05) is 0 Å². The highest BCUT2D eigenvalue weighted by atomic mass is 16.5. The van der Waals surface area contributed by atoms with Crippen molar-refractivity contribution in [2.45, 2.75) is 0 Å². The van der Waals surface area contributed by atoms with Gasteiger partial charge in [0.05, 0.1) is 7.11 Å². The Labute approximate surface area is 60.8 Å². The van der Waals surface area contributed by atoms with Gasteiger partial charge in [-0.05, 0) is 18.2 Å². The molecule has 0 aliphatic carbocycles. The summed E-state index contributed by atoms with van der Waals surface area (Å²) in [5, 5.41) is 0. The van der Waals surface area contributed by atoms with Crippen LogP contribution in [-0.4, -0.2) is 7.11 Å². The maximum atomic E-state index is 4.96. The van der Waals surface area contributed by atoms with Gasteiger partial charge in [0.1, 0.15) is 5.76 Å². The van der Waals surface area contributed by atoms with E-state index < -0.39 is 0 Å². The van der Waals surface area contributed by atoms with E-state index in [0.717, 1.165) is 0 Å². The molecule has 0 bridgehead atoms. The molecule has 0 aromatic rings. The Bertz CT molecular complexity index is 150. The van der Waals surface area contributed by atoms with Gasteiger partial charge in [0.25, 0.3) is 0 Å². The summed E-state index contributed by atoms with van der Waals surface area (Å²) in [6.45, 7) is 3.53. The second-order valence-electron chi connectivity index (χ2n) is 1.50. The molecule has 0 fully saturated rings.